The van der Waals surface area contributed by atoms with Crippen molar-refractivity contribution in [1.82, 2.24) is 9.62 Å². The van der Waals surface area contributed by atoms with Gasteiger partial charge < -0.3 is 15.2 Å². The molecule has 9 heteroatoms. The zero-order chi connectivity index (χ0) is 19.2. The number of nitrogens with one attached hydrogen (secondary N) is 1. The number of allylic oxidation sites excluding steroid dienone is 1. The number of sulfonamides is 1. The molecule has 1 aromatic rings. The molecule has 26 heavy (non-hydrogen) atoms. The number of ether oxygens (including phenoxy) is 1. The minimum Gasteiger partial charge on any atom is -0.480 e. The average Bonchev–Trinajstić information content (AvgIpc) is 2.65. The molecule has 0 aliphatic carbocycles. The van der Waals surface area contributed by atoms with Gasteiger partial charge in [0.15, 0.2) is 0 Å². The van der Waals surface area contributed by atoms with E-state index in [1.807, 2.05) is 0 Å². The minimum absolute atomic E-state index is 0.00706. The normalized spacial score (nSPS) is 17.1. The van der Waals surface area contributed by atoms with E-state index < -0.39 is 27.9 Å². The van der Waals surface area contributed by atoms with E-state index in [9.17, 15) is 23.1 Å². The lowest BCUT2D eigenvalue weighted by Crippen LogP contribution is -2.41. The minimum atomic E-state index is -3.73. The summed E-state index contributed by atoms with van der Waals surface area (Å²) >= 11 is 0. The van der Waals surface area contributed by atoms with Gasteiger partial charge in [0.1, 0.15) is 6.04 Å². The Morgan fingerprint density at radius 2 is 2.04 bits per heavy atom. The molecule has 142 valence electrons. The molecule has 0 saturated carbocycles. The molecule has 0 bridgehead atoms. The number of carboxylic acid groups (broad SMARTS) is 1. The third kappa shape index (κ3) is 4.90. The highest BCUT2D eigenvalue weighted by Gasteiger charge is 2.27. The first-order valence-electron chi connectivity index (χ1n) is 8.19. The van der Waals surface area contributed by atoms with Crippen molar-refractivity contribution >= 4 is 21.9 Å². The first-order chi connectivity index (χ1) is 12.4. The molecule has 2 rings (SSSR count). The Bertz CT molecular complexity index is 784. The Morgan fingerprint density at radius 1 is 1.35 bits per heavy atom. The van der Waals surface area contributed by atoms with Crippen LogP contribution in [-0.2, 0) is 19.6 Å². The number of hydrogen-bond acceptors (Lipinski definition) is 5. The monoisotopic (exact) mass is 382 g/mol. The maximum absolute atomic E-state index is 12.7. The van der Waals surface area contributed by atoms with E-state index in [0.717, 1.165) is 0 Å². The molecule has 1 aliphatic heterocycles. The molecule has 1 aliphatic rings. The number of carboxylic acids is 1. The van der Waals surface area contributed by atoms with Gasteiger partial charge in [-0.3, -0.25) is 4.79 Å². The Hall–Kier alpha value is -2.23. The van der Waals surface area contributed by atoms with Crippen molar-refractivity contribution in [2.45, 2.75) is 24.3 Å². The Labute approximate surface area is 152 Å². The highest BCUT2D eigenvalue weighted by atomic mass is 32.2. The van der Waals surface area contributed by atoms with Crippen molar-refractivity contribution in [3.05, 3.63) is 42.0 Å². The summed E-state index contributed by atoms with van der Waals surface area (Å²) in [6, 6.07) is 4.50. The van der Waals surface area contributed by atoms with Crippen LogP contribution < -0.4 is 5.32 Å². The lowest BCUT2D eigenvalue weighted by Gasteiger charge is -2.26. The van der Waals surface area contributed by atoms with E-state index in [4.69, 9.17) is 4.74 Å². The van der Waals surface area contributed by atoms with Crippen LogP contribution in [0.2, 0.25) is 0 Å². The van der Waals surface area contributed by atoms with Crippen LogP contribution in [0.4, 0.5) is 0 Å². The van der Waals surface area contributed by atoms with Gasteiger partial charge in [0.05, 0.1) is 18.1 Å². The van der Waals surface area contributed by atoms with E-state index in [2.05, 4.69) is 5.32 Å². The molecule has 1 fully saturated rings. The molecule has 1 heterocycles. The summed E-state index contributed by atoms with van der Waals surface area (Å²) in [5, 5.41) is 11.6. The fraction of sp³-hybridized carbons (Fsp3) is 0.412. The van der Waals surface area contributed by atoms with E-state index in [-0.39, 0.29) is 30.0 Å². The van der Waals surface area contributed by atoms with Gasteiger partial charge in [-0.25, -0.2) is 13.2 Å². The molecule has 1 aromatic carbocycles. The fourth-order valence-electron chi connectivity index (χ4n) is 2.47. The summed E-state index contributed by atoms with van der Waals surface area (Å²) in [7, 11) is -3.73. The zero-order valence-electron chi connectivity index (χ0n) is 14.4. The summed E-state index contributed by atoms with van der Waals surface area (Å²) in [5.41, 5.74) is 0.0889. The molecule has 1 unspecified atom stereocenters. The summed E-state index contributed by atoms with van der Waals surface area (Å²) < 4.78 is 31.8. The Balaban J connectivity index is 2.19. The van der Waals surface area contributed by atoms with Gasteiger partial charge in [-0.2, -0.15) is 4.31 Å². The Kier molecular flexibility index (Phi) is 6.90. The highest BCUT2D eigenvalue weighted by Crippen LogP contribution is 2.18. The first-order valence-corrected chi connectivity index (χ1v) is 9.63. The van der Waals surface area contributed by atoms with Gasteiger partial charge in [0.25, 0.3) is 5.91 Å². The van der Waals surface area contributed by atoms with E-state index in [1.54, 1.807) is 19.1 Å². The Morgan fingerprint density at radius 3 is 2.65 bits per heavy atom. The molecule has 1 saturated heterocycles. The molecule has 2 N–H and O–H groups in total. The van der Waals surface area contributed by atoms with Crippen LogP contribution in [-0.4, -0.2) is 62.1 Å². The topological polar surface area (TPSA) is 113 Å². The first kappa shape index (κ1) is 20.1. The number of hydrogen-bond donors (Lipinski definition) is 2. The predicted octanol–water partition coefficient (Wildman–Crippen LogP) is 0.857. The van der Waals surface area contributed by atoms with Crippen molar-refractivity contribution in [2.24, 2.45) is 0 Å². The van der Waals surface area contributed by atoms with Crippen LogP contribution in [0.3, 0.4) is 0 Å². The highest BCUT2D eigenvalue weighted by molar-refractivity contribution is 7.89. The third-order valence-electron chi connectivity index (χ3n) is 3.91. The number of benzene rings is 1. The molecular formula is C17H22N2O6S. The largest absolute Gasteiger partial charge is 0.480 e. The number of carbonyl (C=O) groups excluding carboxylic acids is 1. The standard InChI is InChI=1S/C17H22N2O6S/c1-2-3-7-15(17(21)22)18-16(20)13-5-4-6-14(12-13)26(23,24)19-8-10-25-11-9-19/h2-6,12,15H,7-11H2,1H3,(H,18,20)(H,21,22)/b3-2+. The lowest BCUT2D eigenvalue weighted by molar-refractivity contribution is -0.139. The molecular weight excluding hydrogens is 360 g/mol. The van der Waals surface area contributed by atoms with Gasteiger partial charge in [-0.05, 0) is 31.5 Å². The number of rotatable bonds is 7. The average molecular weight is 382 g/mol. The van der Waals surface area contributed by atoms with Crippen molar-refractivity contribution in [3.63, 3.8) is 0 Å². The summed E-state index contributed by atoms with van der Waals surface area (Å²) in [5.74, 6) is -1.80. The van der Waals surface area contributed by atoms with Crippen LogP contribution in [0.1, 0.15) is 23.7 Å². The second kappa shape index (κ2) is 8.93. The van der Waals surface area contributed by atoms with Crippen LogP contribution >= 0.6 is 0 Å². The smallest absolute Gasteiger partial charge is 0.326 e. The fourth-order valence-corrected chi connectivity index (χ4v) is 3.92. The molecule has 1 amide bonds. The second-order valence-corrected chi connectivity index (χ2v) is 7.65. The van der Waals surface area contributed by atoms with Crippen LogP contribution in [0.5, 0.6) is 0 Å². The molecule has 1 atom stereocenters. The van der Waals surface area contributed by atoms with Gasteiger partial charge in [-0.1, -0.05) is 18.2 Å². The molecule has 8 nitrogen and oxygen atoms in total. The van der Waals surface area contributed by atoms with Gasteiger partial charge in [-0.15, -0.1) is 0 Å². The van der Waals surface area contributed by atoms with Crippen molar-refractivity contribution in [3.8, 4) is 0 Å². The van der Waals surface area contributed by atoms with Crippen molar-refractivity contribution < 1.29 is 27.9 Å². The number of morpholine rings is 1. The summed E-state index contributed by atoms with van der Waals surface area (Å²) in [6.07, 6.45) is 3.47. The maximum Gasteiger partial charge on any atom is 0.326 e. The lowest BCUT2D eigenvalue weighted by atomic mass is 10.1. The number of carbonyl (C=O) groups is 2. The number of amides is 1. The van der Waals surface area contributed by atoms with Crippen LogP contribution in [0.25, 0.3) is 0 Å². The molecule has 0 spiro atoms. The van der Waals surface area contributed by atoms with Gasteiger partial charge in [0, 0.05) is 18.7 Å². The van der Waals surface area contributed by atoms with Gasteiger partial charge >= 0.3 is 5.97 Å². The van der Waals surface area contributed by atoms with E-state index in [1.165, 1.54) is 28.6 Å². The van der Waals surface area contributed by atoms with Crippen LogP contribution in [0, 0.1) is 0 Å². The third-order valence-corrected chi connectivity index (χ3v) is 5.81. The number of nitrogens with zero attached hydrogens (tertiary/aromatic N) is 1. The second-order valence-electron chi connectivity index (χ2n) is 5.71. The zero-order valence-corrected chi connectivity index (χ0v) is 15.2. The maximum atomic E-state index is 12.7. The quantitative estimate of drug-likeness (QED) is 0.676. The molecule has 0 aromatic heterocycles. The van der Waals surface area contributed by atoms with Gasteiger partial charge in [0.2, 0.25) is 10.0 Å². The van der Waals surface area contributed by atoms with Crippen LogP contribution in [0.15, 0.2) is 41.3 Å². The molecule has 0 radical (unpaired) electrons. The van der Waals surface area contributed by atoms with E-state index >= 15 is 0 Å². The summed E-state index contributed by atoms with van der Waals surface area (Å²) in [4.78, 5) is 23.6. The summed E-state index contributed by atoms with van der Waals surface area (Å²) in [6.45, 7) is 2.91. The predicted molar refractivity (Wildman–Crippen MR) is 94.3 cm³/mol. The van der Waals surface area contributed by atoms with Crippen molar-refractivity contribution in [1.29, 1.82) is 0 Å². The van der Waals surface area contributed by atoms with Crippen molar-refractivity contribution in [2.75, 3.05) is 26.3 Å². The SMILES string of the molecule is C/C=C/CC(NC(=O)c1cccc(S(=O)(=O)N2CCOCC2)c1)C(=O)O. The number of aliphatic carboxylic acids is 1. The van der Waals surface area contributed by atoms with E-state index in [0.29, 0.717) is 13.2 Å².